The largest absolute Gasteiger partial charge is 0.507 e. The Labute approximate surface area is 137 Å². The Morgan fingerprint density at radius 2 is 1.83 bits per heavy atom. The molecule has 116 valence electrons. The first-order valence-electron chi connectivity index (χ1n) is 7.99. The van der Waals surface area contributed by atoms with E-state index in [4.69, 9.17) is 0 Å². The third-order valence-corrected chi connectivity index (χ3v) is 4.87. The van der Waals surface area contributed by atoms with Crippen molar-refractivity contribution in [3.8, 4) is 11.1 Å². The lowest BCUT2D eigenvalue weighted by Crippen LogP contribution is -2.25. The Kier molecular flexibility index (Phi) is 2.47. The lowest BCUT2D eigenvalue weighted by Gasteiger charge is -2.12. The molecule has 1 aromatic heterocycles. The standard InChI is InChI=1S/C20H14N2O2/c1-2-22-15-9-5-6-11-10-14-12-7-3-4-8-13(12)19(23)17(14)18(16(11)15)21-20(22)24/h3-10,23H,2H2,1H3. The van der Waals surface area contributed by atoms with E-state index in [1.165, 1.54) is 0 Å². The van der Waals surface area contributed by atoms with E-state index >= 15 is 0 Å². The molecule has 0 saturated carbocycles. The van der Waals surface area contributed by atoms with E-state index in [1.807, 2.05) is 49.4 Å². The molecule has 0 aliphatic heterocycles. The molecule has 0 spiro atoms. The smallest absolute Gasteiger partial charge is 0.348 e. The summed E-state index contributed by atoms with van der Waals surface area (Å²) in [4.78, 5) is 16.8. The minimum Gasteiger partial charge on any atom is -0.507 e. The number of benzene rings is 3. The molecule has 1 heterocycles. The first-order chi connectivity index (χ1) is 11.7. The van der Waals surface area contributed by atoms with Crippen LogP contribution in [0, 0.1) is 0 Å². The SMILES string of the molecule is CCn1c(=O)nc2c3c(cc4cccc1c42)-c1ccccc1C=3O. The molecule has 0 amide bonds. The first-order valence-corrected chi connectivity index (χ1v) is 7.99. The highest BCUT2D eigenvalue weighted by atomic mass is 16.3. The van der Waals surface area contributed by atoms with Gasteiger partial charge in [-0.05, 0) is 35.6 Å². The molecule has 1 N–H and O–H groups in total. The van der Waals surface area contributed by atoms with Crippen molar-refractivity contribution in [3.05, 3.63) is 69.8 Å². The molecule has 0 radical (unpaired) electrons. The Morgan fingerprint density at radius 1 is 1.04 bits per heavy atom. The number of fused-ring (bicyclic) bond motifs is 4. The monoisotopic (exact) mass is 314 g/mol. The second kappa shape index (κ2) is 4.45. The Morgan fingerprint density at radius 3 is 2.62 bits per heavy atom. The van der Waals surface area contributed by atoms with E-state index in [-0.39, 0.29) is 11.4 Å². The number of nitrogens with zero attached hydrogens (tertiary/aromatic N) is 2. The summed E-state index contributed by atoms with van der Waals surface area (Å²) in [6.07, 6.45) is 0. The number of aromatic nitrogens is 2. The van der Waals surface area contributed by atoms with Crippen molar-refractivity contribution >= 4 is 27.6 Å². The zero-order valence-corrected chi connectivity index (χ0v) is 13.1. The van der Waals surface area contributed by atoms with Gasteiger partial charge in [0.15, 0.2) is 0 Å². The molecule has 0 fully saturated rings. The van der Waals surface area contributed by atoms with Gasteiger partial charge >= 0.3 is 5.69 Å². The first kappa shape index (κ1) is 13.3. The number of aliphatic hydroxyl groups is 1. The van der Waals surface area contributed by atoms with Crippen LogP contribution < -0.4 is 10.9 Å². The van der Waals surface area contributed by atoms with Crippen molar-refractivity contribution in [2.45, 2.75) is 13.5 Å². The summed E-state index contributed by atoms with van der Waals surface area (Å²) >= 11 is 0. The summed E-state index contributed by atoms with van der Waals surface area (Å²) in [7, 11) is 0. The lowest BCUT2D eigenvalue weighted by molar-refractivity contribution is 0.510. The molecule has 5 rings (SSSR count). The predicted molar refractivity (Wildman–Crippen MR) is 95.0 cm³/mol. The fraction of sp³-hybridized carbons (Fsp3) is 0.100. The van der Waals surface area contributed by atoms with Crippen LogP contribution in [0.4, 0.5) is 0 Å². The van der Waals surface area contributed by atoms with E-state index in [1.54, 1.807) is 4.57 Å². The molecule has 4 aromatic rings. The molecule has 1 aliphatic carbocycles. The van der Waals surface area contributed by atoms with Gasteiger partial charge in [0.2, 0.25) is 0 Å². The van der Waals surface area contributed by atoms with Crippen LogP contribution in [0.3, 0.4) is 0 Å². The van der Waals surface area contributed by atoms with E-state index in [9.17, 15) is 9.90 Å². The van der Waals surface area contributed by atoms with Gasteiger partial charge in [0, 0.05) is 17.5 Å². The Hall–Kier alpha value is -3.14. The topological polar surface area (TPSA) is 55.1 Å². The highest BCUT2D eigenvalue weighted by molar-refractivity contribution is 6.11. The van der Waals surface area contributed by atoms with Crippen LogP contribution in [0.15, 0.2) is 53.3 Å². The molecular formula is C20H14N2O2. The summed E-state index contributed by atoms with van der Waals surface area (Å²) < 4.78 is 1.67. The highest BCUT2D eigenvalue weighted by Crippen LogP contribution is 2.34. The molecule has 24 heavy (non-hydrogen) atoms. The molecule has 0 bridgehead atoms. The van der Waals surface area contributed by atoms with Crippen LogP contribution in [0.5, 0.6) is 0 Å². The molecule has 4 nitrogen and oxygen atoms in total. The minimum absolute atomic E-state index is 0.203. The van der Waals surface area contributed by atoms with Gasteiger partial charge in [0.25, 0.3) is 0 Å². The molecule has 0 atom stereocenters. The van der Waals surface area contributed by atoms with Crippen LogP contribution in [-0.4, -0.2) is 14.7 Å². The predicted octanol–water partition coefficient (Wildman–Crippen LogP) is 2.98. The highest BCUT2D eigenvalue weighted by Gasteiger charge is 2.23. The second-order valence-electron chi connectivity index (χ2n) is 6.06. The second-order valence-corrected chi connectivity index (χ2v) is 6.06. The number of aliphatic hydroxyl groups excluding tert-OH is 1. The van der Waals surface area contributed by atoms with Crippen molar-refractivity contribution in [3.63, 3.8) is 0 Å². The summed E-state index contributed by atoms with van der Waals surface area (Å²) in [5.41, 5.74) is 3.87. The number of hydrogen-bond acceptors (Lipinski definition) is 3. The molecule has 0 saturated heterocycles. The minimum atomic E-state index is -0.283. The quantitative estimate of drug-likeness (QED) is 0.587. The van der Waals surface area contributed by atoms with Crippen LogP contribution in [0.2, 0.25) is 0 Å². The van der Waals surface area contributed by atoms with Gasteiger partial charge in [-0.3, -0.25) is 4.57 Å². The summed E-state index contributed by atoms with van der Waals surface area (Å²) in [5.74, 6) is 0.203. The van der Waals surface area contributed by atoms with Gasteiger partial charge in [-0.25, -0.2) is 4.79 Å². The van der Waals surface area contributed by atoms with E-state index in [0.717, 1.165) is 33.0 Å². The molecule has 4 heteroatoms. The average Bonchev–Trinajstić information content (AvgIpc) is 2.88. The van der Waals surface area contributed by atoms with Crippen molar-refractivity contribution in [1.29, 1.82) is 0 Å². The average molecular weight is 314 g/mol. The van der Waals surface area contributed by atoms with Crippen LogP contribution in [0.1, 0.15) is 12.5 Å². The maximum atomic E-state index is 12.5. The Balaban J connectivity index is 2.13. The normalized spacial score (nSPS) is 12.8. The maximum absolute atomic E-state index is 12.5. The van der Waals surface area contributed by atoms with Crippen molar-refractivity contribution in [2.75, 3.05) is 0 Å². The van der Waals surface area contributed by atoms with Gasteiger partial charge in [-0.2, -0.15) is 4.98 Å². The van der Waals surface area contributed by atoms with Gasteiger partial charge < -0.3 is 5.11 Å². The third-order valence-electron chi connectivity index (χ3n) is 4.87. The van der Waals surface area contributed by atoms with E-state index in [0.29, 0.717) is 17.3 Å². The number of hydrogen-bond donors (Lipinski definition) is 1. The van der Waals surface area contributed by atoms with Crippen molar-refractivity contribution in [1.82, 2.24) is 9.55 Å². The summed E-state index contributed by atoms with van der Waals surface area (Å²) in [5, 5.41) is 13.4. The van der Waals surface area contributed by atoms with Crippen LogP contribution in [-0.2, 0) is 6.54 Å². The Bertz CT molecular complexity index is 1270. The van der Waals surface area contributed by atoms with Crippen molar-refractivity contribution < 1.29 is 5.11 Å². The van der Waals surface area contributed by atoms with Gasteiger partial charge in [0.05, 0.1) is 16.3 Å². The van der Waals surface area contributed by atoms with Gasteiger partial charge in [-0.15, -0.1) is 0 Å². The third kappa shape index (κ3) is 1.48. The fourth-order valence-electron chi connectivity index (χ4n) is 3.83. The molecule has 0 unspecified atom stereocenters. The summed E-state index contributed by atoms with van der Waals surface area (Å²) in [6, 6.07) is 15.7. The number of aryl methyl sites for hydroxylation is 1. The molecule has 1 aliphatic rings. The zero-order chi connectivity index (χ0) is 16.4. The van der Waals surface area contributed by atoms with E-state index in [2.05, 4.69) is 11.1 Å². The molecule has 3 aromatic carbocycles. The van der Waals surface area contributed by atoms with Gasteiger partial charge in [-0.1, -0.05) is 36.4 Å². The fourth-order valence-corrected chi connectivity index (χ4v) is 3.83. The lowest BCUT2D eigenvalue weighted by atomic mass is 9.99. The van der Waals surface area contributed by atoms with Gasteiger partial charge in [0.1, 0.15) is 5.76 Å². The van der Waals surface area contributed by atoms with Crippen molar-refractivity contribution in [2.24, 2.45) is 0 Å². The maximum Gasteiger partial charge on any atom is 0.348 e. The summed E-state index contributed by atoms with van der Waals surface area (Å²) in [6.45, 7) is 2.50. The van der Waals surface area contributed by atoms with Crippen LogP contribution in [0.25, 0.3) is 38.7 Å². The zero-order valence-electron chi connectivity index (χ0n) is 13.1. The van der Waals surface area contributed by atoms with Crippen LogP contribution >= 0.6 is 0 Å². The number of rotatable bonds is 1. The molecular weight excluding hydrogens is 300 g/mol. The van der Waals surface area contributed by atoms with E-state index < -0.39 is 0 Å².